The van der Waals surface area contributed by atoms with E-state index in [4.69, 9.17) is 0 Å². The summed E-state index contributed by atoms with van der Waals surface area (Å²) in [6.07, 6.45) is 2.98. The Labute approximate surface area is 245 Å². The normalized spacial score (nSPS) is 15.4. The molecule has 7 nitrogen and oxygen atoms in total. The van der Waals surface area contributed by atoms with Crippen LogP contribution in [0, 0.1) is 9.39 Å². The van der Waals surface area contributed by atoms with Gasteiger partial charge in [-0.05, 0) is 77.9 Å². The molecule has 2 heterocycles. The van der Waals surface area contributed by atoms with Gasteiger partial charge in [-0.25, -0.2) is 9.18 Å². The average molecular weight is 653 g/mol. The van der Waals surface area contributed by atoms with Gasteiger partial charge in [0.15, 0.2) is 0 Å². The Bertz CT molecular complexity index is 1670. The third kappa shape index (κ3) is 4.98. The first-order chi connectivity index (χ1) is 19.2. The van der Waals surface area contributed by atoms with Crippen LogP contribution in [-0.4, -0.2) is 51.1 Å². The quantitative estimate of drug-likeness (QED) is 0.215. The van der Waals surface area contributed by atoms with Crippen molar-refractivity contribution in [1.29, 1.82) is 0 Å². The lowest BCUT2D eigenvalue weighted by Crippen LogP contribution is -2.54. The summed E-state index contributed by atoms with van der Waals surface area (Å²) in [5.74, 6) is -0.340. The molecule has 3 aromatic carbocycles. The van der Waals surface area contributed by atoms with Crippen LogP contribution in [0.2, 0.25) is 0 Å². The second-order valence-electron chi connectivity index (χ2n) is 9.95. The molecule has 1 aromatic heterocycles. The van der Waals surface area contributed by atoms with Crippen LogP contribution >= 0.6 is 22.6 Å². The molecule has 1 N–H and O–H groups in total. The molecular weight excluding hydrogens is 622 g/mol. The maximum Gasteiger partial charge on any atom is 0.354 e. The van der Waals surface area contributed by atoms with Crippen molar-refractivity contribution < 1.29 is 14.3 Å². The van der Waals surface area contributed by atoms with Gasteiger partial charge < -0.3 is 14.9 Å². The number of phenols is 1. The molecule has 1 aliphatic rings. The van der Waals surface area contributed by atoms with E-state index in [1.54, 1.807) is 15.5 Å². The highest BCUT2D eigenvalue weighted by Gasteiger charge is 2.29. The van der Waals surface area contributed by atoms with Gasteiger partial charge in [-0.1, -0.05) is 44.2 Å². The highest BCUT2D eigenvalue weighted by molar-refractivity contribution is 14.1. The Balaban J connectivity index is 1.79. The van der Waals surface area contributed by atoms with Crippen molar-refractivity contribution in [2.45, 2.75) is 32.7 Å². The fraction of sp³-hybridized carbons (Fsp3) is 0.258. The number of aryl methyl sites for hydroxylation is 1. The molecule has 0 bridgehead atoms. The number of halogens is 2. The summed E-state index contributed by atoms with van der Waals surface area (Å²) in [5.41, 5.74) is 2.40. The summed E-state index contributed by atoms with van der Waals surface area (Å²) in [6, 6.07) is 15.5. The number of aromatic hydroxyl groups is 1. The summed E-state index contributed by atoms with van der Waals surface area (Å²) < 4.78 is 17.3. The van der Waals surface area contributed by atoms with Crippen molar-refractivity contribution in [2.75, 3.05) is 24.5 Å². The Morgan fingerprint density at radius 3 is 2.67 bits per heavy atom. The molecule has 1 saturated heterocycles. The second-order valence-corrected chi connectivity index (χ2v) is 11.1. The van der Waals surface area contributed by atoms with E-state index >= 15 is 4.39 Å². The number of hydrogen-bond acceptors (Lipinski definition) is 5. The van der Waals surface area contributed by atoms with Crippen LogP contribution in [0.5, 0.6) is 5.75 Å². The number of amides is 1. The molecule has 1 fully saturated rings. The number of benzene rings is 3. The van der Waals surface area contributed by atoms with Crippen LogP contribution in [-0.2, 0) is 11.2 Å². The number of hydrogen-bond donors (Lipinski definition) is 1. The lowest BCUT2D eigenvalue weighted by atomic mass is 10.0. The van der Waals surface area contributed by atoms with Crippen molar-refractivity contribution in [3.63, 3.8) is 0 Å². The molecule has 0 spiro atoms. The number of carbonyl (C=O) groups is 1. The van der Waals surface area contributed by atoms with Crippen molar-refractivity contribution in [2.24, 2.45) is 0 Å². The number of piperazine rings is 1. The van der Waals surface area contributed by atoms with E-state index in [1.165, 1.54) is 24.3 Å². The first-order valence-electron chi connectivity index (χ1n) is 13.3. The van der Waals surface area contributed by atoms with Crippen LogP contribution in [0.15, 0.2) is 72.0 Å². The minimum Gasteiger partial charge on any atom is -0.507 e. The fourth-order valence-electron chi connectivity index (χ4n) is 5.46. The number of aromatic nitrogens is 2. The van der Waals surface area contributed by atoms with Gasteiger partial charge in [0.25, 0.3) is 0 Å². The predicted molar refractivity (Wildman–Crippen MR) is 165 cm³/mol. The van der Waals surface area contributed by atoms with Gasteiger partial charge in [0.05, 0.1) is 16.8 Å². The van der Waals surface area contributed by atoms with E-state index in [9.17, 15) is 14.7 Å². The zero-order valence-corrected chi connectivity index (χ0v) is 24.6. The molecule has 1 atom stereocenters. The maximum atomic E-state index is 15.0. The average Bonchev–Trinajstić information content (AvgIpc) is 2.93. The van der Waals surface area contributed by atoms with Gasteiger partial charge in [-0.2, -0.15) is 4.98 Å². The molecule has 0 unspecified atom stereocenters. The second kappa shape index (κ2) is 11.4. The molecule has 206 valence electrons. The van der Waals surface area contributed by atoms with Crippen molar-refractivity contribution in [1.82, 2.24) is 14.5 Å². The number of phenolic OH excluding ortho intramolecular Hbond substituents is 1. The van der Waals surface area contributed by atoms with Gasteiger partial charge in [0.2, 0.25) is 5.91 Å². The topological polar surface area (TPSA) is 78.7 Å². The van der Waals surface area contributed by atoms with Crippen molar-refractivity contribution in [3.05, 3.63) is 92.7 Å². The summed E-state index contributed by atoms with van der Waals surface area (Å²) >= 11 is 2.13. The molecule has 40 heavy (non-hydrogen) atoms. The number of anilines is 1. The Morgan fingerprint density at radius 2 is 1.98 bits per heavy atom. The number of para-hydroxylation sites is 1. The SMILES string of the molecule is C=CC(=O)N1CCN(c2nc(=O)n(-c3ccccc3CCC)c3cc(-c4c(O)cccc4F)c(I)cc23)[C@@H](C)C1. The molecule has 1 amide bonds. The maximum absolute atomic E-state index is 15.0. The molecule has 0 saturated carbocycles. The lowest BCUT2D eigenvalue weighted by molar-refractivity contribution is -0.126. The zero-order valence-electron chi connectivity index (χ0n) is 22.4. The smallest absolute Gasteiger partial charge is 0.354 e. The monoisotopic (exact) mass is 652 g/mol. The third-order valence-corrected chi connectivity index (χ3v) is 8.25. The highest BCUT2D eigenvalue weighted by atomic mass is 127. The molecule has 9 heteroatoms. The summed E-state index contributed by atoms with van der Waals surface area (Å²) in [5, 5.41) is 11.3. The predicted octanol–water partition coefficient (Wildman–Crippen LogP) is 5.68. The first kappa shape index (κ1) is 27.8. The summed E-state index contributed by atoms with van der Waals surface area (Å²) in [4.78, 5) is 34.5. The van der Waals surface area contributed by atoms with Gasteiger partial charge in [-0.15, -0.1) is 0 Å². The Morgan fingerprint density at radius 1 is 1.20 bits per heavy atom. The number of rotatable bonds is 6. The minimum absolute atomic E-state index is 0.0814. The van der Waals surface area contributed by atoms with E-state index in [1.807, 2.05) is 37.3 Å². The third-order valence-electron chi connectivity index (χ3n) is 7.36. The van der Waals surface area contributed by atoms with E-state index < -0.39 is 11.5 Å². The van der Waals surface area contributed by atoms with Gasteiger partial charge >= 0.3 is 5.69 Å². The molecular formula is C31H30FIN4O3. The summed E-state index contributed by atoms with van der Waals surface area (Å²) in [7, 11) is 0. The number of nitrogens with zero attached hydrogens (tertiary/aromatic N) is 4. The van der Waals surface area contributed by atoms with Crippen molar-refractivity contribution >= 4 is 45.2 Å². The largest absolute Gasteiger partial charge is 0.507 e. The van der Waals surface area contributed by atoms with E-state index in [2.05, 4.69) is 46.0 Å². The molecule has 4 aromatic rings. The van der Waals surface area contributed by atoms with E-state index in [0.29, 0.717) is 40.1 Å². The van der Waals surface area contributed by atoms with Gasteiger partial charge in [0, 0.05) is 40.2 Å². The molecule has 5 rings (SSSR count). The van der Waals surface area contributed by atoms with Crippen LogP contribution < -0.4 is 10.6 Å². The lowest BCUT2D eigenvalue weighted by Gasteiger charge is -2.40. The summed E-state index contributed by atoms with van der Waals surface area (Å²) in [6.45, 7) is 9.10. The first-order valence-corrected chi connectivity index (χ1v) is 14.3. The Hall–Kier alpha value is -3.73. The van der Waals surface area contributed by atoms with E-state index in [-0.39, 0.29) is 23.3 Å². The zero-order chi connectivity index (χ0) is 28.6. The Kier molecular flexibility index (Phi) is 7.93. The highest BCUT2D eigenvalue weighted by Crippen LogP contribution is 2.39. The van der Waals surface area contributed by atoms with E-state index in [0.717, 1.165) is 29.5 Å². The minimum atomic E-state index is -0.552. The van der Waals surface area contributed by atoms with Crippen LogP contribution in [0.25, 0.3) is 27.7 Å². The molecule has 0 aliphatic carbocycles. The van der Waals surface area contributed by atoms with Crippen LogP contribution in [0.1, 0.15) is 25.8 Å². The number of fused-ring (bicyclic) bond motifs is 1. The van der Waals surface area contributed by atoms with Crippen LogP contribution in [0.3, 0.4) is 0 Å². The van der Waals surface area contributed by atoms with Gasteiger partial charge in [0.1, 0.15) is 17.4 Å². The molecule has 0 radical (unpaired) electrons. The van der Waals surface area contributed by atoms with Crippen LogP contribution in [0.4, 0.5) is 10.2 Å². The number of carbonyl (C=O) groups excluding carboxylic acids is 1. The van der Waals surface area contributed by atoms with Gasteiger partial charge in [-0.3, -0.25) is 9.36 Å². The standard InChI is InChI=1S/C31H30FIN4O3/c1-4-9-20-10-6-7-12-25(20)37-26-17-21(29-23(32)11-8-13-27(29)38)24(33)16-22(26)30(34-31(37)40)36-15-14-35(18-19(36)3)28(39)5-2/h5-8,10-13,16-17,19,38H,2,4,9,14-15,18H2,1,3H3/t19-/m0/s1. The fourth-order valence-corrected chi connectivity index (χ4v) is 6.20. The van der Waals surface area contributed by atoms with Crippen molar-refractivity contribution in [3.8, 4) is 22.6 Å². The molecule has 1 aliphatic heterocycles.